The second kappa shape index (κ2) is 7.31. The summed E-state index contributed by atoms with van der Waals surface area (Å²) in [5.74, 6) is 0. The molecule has 0 aliphatic carbocycles. The maximum Gasteiger partial charge on any atom is 0.328 e. The molecular formula is C16H21N3O3S2. The van der Waals surface area contributed by atoms with Crippen LogP contribution >= 0.6 is 11.3 Å². The van der Waals surface area contributed by atoms with E-state index < -0.39 is 16.1 Å². The van der Waals surface area contributed by atoms with Crippen LogP contribution in [0.15, 0.2) is 40.6 Å². The first kappa shape index (κ1) is 18.4. The molecule has 1 aromatic heterocycles. The number of amides is 2. The first-order chi connectivity index (χ1) is 11.2. The molecule has 8 heteroatoms. The lowest BCUT2D eigenvalue weighted by atomic mass is 9.93. The molecule has 0 unspecified atom stereocenters. The van der Waals surface area contributed by atoms with E-state index in [1.165, 1.54) is 23.5 Å². The molecule has 2 amide bonds. The maximum atomic E-state index is 12.0. The number of rotatable bonds is 5. The van der Waals surface area contributed by atoms with Crippen molar-refractivity contribution in [3.05, 3.63) is 46.4 Å². The maximum absolute atomic E-state index is 12.0. The third-order valence-electron chi connectivity index (χ3n) is 3.23. The van der Waals surface area contributed by atoms with Crippen molar-refractivity contribution >= 4 is 27.4 Å². The zero-order valence-corrected chi connectivity index (χ0v) is 15.5. The summed E-state index contributed by atoms with van der Waals surface area (Å²) in [6, 6.07) is 7.02. The van der Waals surface area contributed by atoms with Gasteiger partial charge in [0.2, 0.25) is 0 Å². The van der Waals surface area contributed by atoms with Crippen molar-refractivity contribution in [3.8, 4) is 0 Å². The number of urea groups is 1. The van der Waals surface area contributed by atoms with Gasteiger partial charge in [0.15, 0.2) is 0 Å². The molecule has 130 valence electrons. The number of carbonyl (C=O) groups excluding carboxylic acids is 1. The Hall–Kier alpha value is -1.93. The number of thiazole rings is 1. The van der Waals surface area contributed by atoms with Crippen LogP contribution in [0, 0.1) is 0 Å². The van der Waals surface area contributed by atoms with Gasteiger partial charge < -0.3 is 5.32 Å². The van der Waals surface area contributed by atoms with Gasteiger partial charge in [-0.1, -0.05) is 39.0 Å². The number of nitrogens with zero attached hydrogens (tertiary/aromatic N) is 1. The van der Waals surface area contributed by atoms with E-state index in [1.807, 2.05) is 10.1 Å². The Balaban J connectivity index is 1.85. The molecule has 0 aliphatic rings. The standard InChI is InChI=1S/C16H21N3O3S2/c1-16(2,3)13-11-23-14(18-13)9-10-17-15(20)19-24(21,22)12-7-5-4-6-8-12/h4-8,11H,9-10H2,1-3H3,(H2,17,19,20). The molecule has 0 radical (unpaired) electrons. The topological polar surface area (TPSA) is 88.2 Å². The molecule has 6 nitrogen and oxygen atoms in total. The van der Waals surface area contributed by atoms with Crippen molar-refractivity contribution in [1.29, 1.82) is 0 Å². The van der Waals surface area contributed by atoms with Crippen LogP contribution in [0.1, 0.15) is 31.5 Å². The molecule has 0 aliphatic heterocycles. The van der Waals surface area contributed by atoms with E-state index in [4.69, 9.17) is 0 Å². The van der Waals surface area contributed by atoms with Crippen molar-refractivity contribution in [3.63, 3.8) is 0 Å². The Kier molecular flexibility index (Phi) is 5.61. The SMILES string of the molecule is CC(C)(C)c1csc(CCNC(=O)NS(=O)(=O)c2ccccc2)n1. The predicted molar refractivity (Wildman–Crippen MR) is 94.7 cm³/mol. The molecule has 0 fully saturated rings. The van der Waals surface area contributed by atoms with Crippen LogP contribution in [0.3, 0.4) is 0 Å². The van der Waals surface area contributed by atoms with Crippen molar-refractivity contribution in [2.24, 2.45) is 0 Å². The van der Waals surface area contributed by atoms with Crippen LogP contribution in [0.4, 0.5) is 4.79 Å². The van der Waals surface area contributed by atoms with Crippen molar-refractivity contribution < 1.29 is 13.2 Å². The lowest BCUT2D eigenvalue weighted by Crippen LogP contribution is -2.40. The number of hydrogen-bond donors (Lipinski definition) is 2. The molecular weight excluding hydrogens is 346 g/mol. The summed E-state index contributed by atoms with van der Waals surface area (Å²) in [6.45, 7) is 6.58. The molecule has 2 N–H and O–H groups in total. The van der Waals surface area contributed by atoms with Crippen LogP contribution in [-0.4, -0.2) is 26.0 Å². The summed E-state index contributed by atoms with van der Waals surface area (Å²) in [5.41, 5.74) is 1.00. The van der Waals surface area contributed by atoms with E-state index >= 15 is 0 Å². The van der Waals surface area contributed by atoms with Gasteiger partial charge in [0, 0.05) is 23.8 Å². The Bertz CT molecular complexity index is 793. The number of nitrogens with one attached hydrogen (secondary N) is 2. The molecule has 0 spiro atoms. The minimum atomic E-state index is -3.84. The van der Waals surface area contributed by atoms with Gasteiger partial charge in [-0.05, 0) is 12.1 Å². The second-order valence-corrected chi connectivity index (χ2v) is 8.93. The van der Waals surface area contributed by atoms with E-state index in [0.717, 1.165) is 10.7 Å². The van der Waals surface area contributed by atoms with Crippen molar-refractivity contribution in [1.82, 2.24) is 15.0 Å². The van der Waals surface area contributed by atoms with Gasteiger partial charge in [-0.25, -0.2) is 22.9 Å². The highest BCUT2D eigenvalue weighted by Gasteiger charge is 2.18. The molecule has 1 heterocycles. The van der Waals surface area contributed by atoms with Gasteiger partial charge in [-0.3, -0.25) is 0 Å². The smallest absolute Gasteiger partial charge is 0.328 e. The number of carbonyl (C=O) groups is 1. The van der Waals surface area contributed by atoms with Gasteiger partial charge in [0.1, 0.15) is 0 Å². The van der Waals surface area contributed by atoms with E-state index in [1.54, 1.807) is 18.2 Å². The van der Waals surface area contributed by atoms with Gasteiger partial charge in [0.25, 0.3) is 10.0 Å². The minimum Gasteiger partial charge on any atom is -0.337 e. The number of sulfonamides is 1. The number of aromatic nitrogens is 1. The fraction of sp³-hybridized carbons (Fsp3) is 0.375. The average molecular weight is 367 g/mol. The van der Waals surface area contributed by atoms with E-state index in [-0.39, 0.29) is 10.3 Å². The Morgan fingerprint density at radius 3 is 2.46 bits per heavy atom. The molecule has 1 aromatic carbocycles. The normalized spacial score (nSPS) is 12.0. The summed E-state index contributed by atoms with van der Waals surface area (Å²) < 4.78 is 26.0. The summed E-state index contributed by atoms with van der Waals surface area (Å²) in [7, 11) is -3.84. The Morgan fingerprint density at radius 2 is 1.88 bits per heavy atom. The fourth-order valence-electron chi connectivity index (χ4n) is 1.87. The van der Waals surface area contributed by atoms with E-state index in [2.05, 4.69) is 31.1 Å². The average Bonchev–Trinajstić information content (AvgIpc) is 2.97. The lowest BCUT2D eigenvalue weighted by molar-refractivity contribution is 0.246. The van der Waals surface area contributed by atoms with Crippen molar-refractivity contribution in [2.75, 3.05) is 6.54 Å². The zero-order valence-electron chi connectivity index (χ0n) is 13.9. The third kappa shape index (κ3) is 5.04. The predicted octanol–water partition coefficient (Wildman–Crippen LogP) is 2.67. The van der Waals surface area contributed by atoms with Crippen LogP contribution < -0.4 is 10.0 Å². The van der Waals surface area contributed by atoms with Gasteiger partial charge in [-0.15, -0.1) is 11.3 Å². The largest absolute Gasteiger partial charge is 0.337 e. The molecule has 0 bridgehead atoms. The van der Waals surface area contributed by atoms with E-state index in [0.29, 0.717) is 13.0 Å². The van der Waals surface area contributed by atoms with Gasteiger partial charge in [0.05, 0.1) is 15.6 Å². The first-order valence-corrected chi connectivity index (χ1v) is 9.85. The van der Waals surface area contributed by atoms with Crippen LogP contribution in [0.5, 0.6) is 0 Å². The van der Waals surface area contributed by atoms with Crippen LogP contribution in [0.2, 0.25) is 0 Å². The quantitative estimate of drug-likeness (QED) is 0.850. The minimum absolute atomic E-state index is 0.0106. The summed E-state index contributed by atoms with van der Waals surface area (Å²) in [5, 5.41) is 5.46. The van der Waals surface area contributed by atoms with Crippen molar-refractivity contribution in [2.45, 2.75) is 37.5 Å². The molecule has 2 rings (SSSR count). The monoisotopic (exact) mass is 367 g/mol. The number of hydrogen-bond acceptors (Lipinski definition) is 5. The first-order valence-electron chi connectivity index (χ1n) is 7.49. The van der Waals surface area contributed by atoms with Crippen LogP contribution in [-0.2, 0) is 21.9 Å². The second-order valence-electron chi connectivity index (χ2n) is 6.30. The molecule has 0 saturated heterocycles. The summed E-state index contributed by atoms with van der Waals surface area (Å²) in [6.07, 6.45) is 0.555. The zero-order chi connectivity index (χ0) is 17.8. The highest BCUT2D eigenvalue weighted by atomic mass is 32.2. The molecule has 2 aromatic rings. The molecule has 0 atom stereocenters. The number of benzene rings is 1. The lowest BCUT2D eigenvalue weighted by Gasteiger charge is -2.14. The molecule has 24 heavy (non-hydrogen) atoms. The highest BCUT2D eigenvalue weighted by molar-refractivity contribution is 7.90. The summed E-state index contributed by atoms with van der Waals surface area (Å²) in [4.78, 5) is 16.3. The highest BCUT2D eigenvalue weighted by Crippen LogP contribution is 2.23. The Morgan fingerprint density at radius 1 is 1.21 bits per heavy atom. The van der Waals surface area contributed by atoms with Gasteiger partial charge >= 0.3 is 6.03 Å². The van der Waals surface area contributed by atoms with E-state index in [9.17, 15) is 13.2 Å². The summed E-state index contributed by atoms with van der Waals surface area (Å²) >= 11 is 1.54. The fourth-order valence-corrected chi connectivity index (χ4v) is 3.84. The molecule has 0 saturated carbocycles. The van der Waals surface area contributed by atoms with Crippen LogP contribution in [0.25, 0.3) is 0 Å². The Labute approximate surface area is 146 Å². The third-order valence-corrected chi connectivity index (χ3v) is 5.48. The van der Waals surface area contributed by atoms with Gasteiger partial charge in [-0.2, -0.15) is 0 Å².